The summed E-state index contributed by atoms with van der Waals surface area (Å²) in [5.41, 5.74) is 3.64. The smallest absolute Gasteiger partial charge is 0.269 e. The van der Waals surface area contributed by atoms with Crippen LogP contribution in [0.5, 0.6) is 0 Å². The van der Waals surface area contributed by atoms with Gasteiger partial charge in [0, 0.05) is 24.5 Å². The first-order chi connectivity index (χ1) is 14.7. The van der Waals surface area contributed by atoms with E-state index in [-0.39, 0.29) is 18.0 Å². The maximum atomic E-state index is 13.0. The van der Waals surface area contributed by atoms with Gasteiger partial charge >= 0.3 is 0 Å². The molecule has 31 heavy (non-hydrogen) atoms. The molecule has 0 spiro atoms. The van der Waals surface area contributed by atoms with E-state index in [4.69, 9.17) is 0 Å². The molecule has 0 fully saturated rings. The Morgan fingerprint density at radius 3 is 2.65 bits per heavy atom. The standard InChI is InChI=1S/C24H28N3OS2.ClH/c1-4-25-15-16-29-22(25)17-23-27(6-3)24(28)21(30-23)14-13-19-12-11-18-9-7-8-10-20(18)26(19)5-2;/h7-14,17H,4-6,15-16H2,1-3H3;1H/q+1;/p-1/b19-13+,21-14-;. The van der Waals surface area contributed by atoms with Gasteiger partial charge in [-0.05, 0) is 50.6 Å². The van der Waals surface area contributed by atoms with Gasteiger partial charge in [0.2, 0.25) is 5.04 Å². The highest BCUT2D eigenvalue weighted by Crippen LogP contribution is 2.30. The highest BCUT2D eigenvalue weighted by molar-refractivity contribution is 8.14. The number of hydrogen-bond donors (Lipinski definition) is 0. The van der Waals surface area contributed by atoms with Gasteiger partial charge < -0.3 is 17.3 Å². The van der Waals surface area contributed by atoms with E-state index in [9.17, 15) is 4.79 Å². The van der Waals surface area contributed by atoms with Crippen LogP contribution in [0.3, 0.4) is 0 Å². The van der Waals surface area contributed by atoms with Crippen molar-refractivity contribution in [3.05, 3.63) is 67.2 Å². The highest BCUT2D eigenvalue weighted by atomic mass is 35.5. The van der Waals surface area contributed by atoms with Gasteiger partial charge in [-0.1, -0.05) is 36.0 Å². The number of likely N-dealkylation sites (N-methyl/N-ethyl adjacent to an activating group) is 1. The molecule has 2 aliphatic rings. The molecule has 4 rings (SSSR count). The van der Waals surface area contributed by atoms with Crippen LogP contribution in [0.15, 0.2) is 46.9 Å². The summed E-state index contributed by atoms with van der Waals surface area (Å²) in [6, 6.07) is 8.42. The molecule has 0 atom stereocenters. The Morgan fingerprint density at radius 1 is 1.10 bits per heavy atom. The Balaban J connectivity index is 0.00000272. The third kappa shape index (κ3) is 4.76. The van der Waals surface area contributed by atoms with Crippen LogP contribution < -0.4 is 32.1 Å². The molecule has 2 aliphatic heterocycles. The lowest BCUT2D eigenvalue weighted by atomic mass is 10.1. The summed E-state index contributed by atoms with van der Waals surface area (Å²) in [5.74, 6) is 1.12. The second-order valence-corrected chi connectivity index (χ2v) is 9.34. The number of thioether (sulfide) groups is 1. The van der Waals surface area contributed by atoms with Gasteiger partial charge in [0.15, 0.2) is 6.54 Å². The zero-order chi connectivity index (χ0) is 21.1. The fraction of sp³-hybridized carbons (Fsp3) is 0.333. The monoisotopic (exact) mass is 473 g/mol. The van der Waals surface area contributed by atoms with Crippen molar-refractivity contribution in [3.8, 4) is 0 Å². The second kappa shape index (κ2) is 10.5. The molecule has 0 N–H and O–H groups in total. The topological polar surface area (TPSA) is 28.2 Å². The fourth-order valence-corrected chi connectivity index (χ4v) is 6.15. The summed E-state index contributed by atoms with van der Waals surface area (Å²) in [4.78, 5) is 15.3. The van der Waals surface area contributed by atoms with Crippen LogP contribution in [-0.4, -0.2) is 39.6 Å². The second-order valence-electron chi connectivity index (χ2n) is 7.16. The SMILES string of the molecule is CCN1/C(=C/C=c2\s/c(=C\C3=[N+](CC)CCS3)n(CC)c2=O)C=Cc2ccccc21.[Cl-]. The van der Waals surface area contributed by atoms with Crippen LogP contribution in [0.4, 0.5) is 5.69 Å². The molecular formula is C24H28ClN3OS2. The molecule has 4 nitrogen and oxygen atoms in total. The number of anilines is 1. The van der Waals surface area contributed by atoms with Crippen molar-refractivity contribution in [3.63, 3.8) is 0 Å². The van der Waals surface area contributed by atoms with Gasteiger partial charge in [-0.2, -0.15) is 0 Å². The summed E-state index contributed by atoms with van der Waals surface area (Å²) in [6.45, 7) is 10.0. The number of aromatic nitrogens is 1. The Morgan fingerprint density at radius 2 is 1.90 bits per heavy atom. The van der Waals surface area contributed by atoms with Crippen molar-refractivity contribution in [2.75, 3.05) is 30.3 Å². The summed E-state index contributed by atoms with van der Waals surface area (Å²) in [7, 11) is 0. The Hall–Kier alpha value is -2.02. The quantitative estimate of drug-likeness (QED) is 0.577. The summed E-state index contributed by atoms with van der Waals surface area (Å²) < 4.78 is 6.08. The van der Waals surface area contributed by atoms with Crippen LogP contribution in [-0.2, 0) is 6.54 Å². The van der Waals surface area contributed by atoms with Crippen LogP contribution in [0, 0.1) is 0 Å². The summed E-state index contributed by atoms with van der Waals surface area (Å²) >= 11 is 3.46. The van der Waals surface area contributed by atoms with E-state index >= 15 is 0 Å². The Kier molecular flexibility index (Phi) is 8.03. The molecule has 0 radical (unpaired) electrons. The van der Waals surface area contributed by atoms with E-state index in [1.165, 1.54) is 16.3 Å². The molecular weight excluding hydrogens is 446 g/mol. The number of rotatable bonds is 5. The van der Waals surface area contributed by atoms with Crippen molar-refractivity contribution < 1.29 is 17.0 Å². The van der Waals surface area contributed by atoms with Crippen molar-refractivity contribution >= 4 is 52.1 Å². The van der Waals surface area contributed by atoms with Crippen LogP contribution in [0.2, 0.25) is 0 Å². The molecule has 0 unspecified atom stereocenters. The first-order valence-electron chi connectivity index (χ1n) is 10.6. The maximum Gasteiger partial charge on any atom is 0.269 e. The Bertz CT molecular complexity index is 1220. The lowest BCUT2D eigenvalue weighted by molar-refractivity contribution is -0.512. The third-order valence-electron chi connectivity index (χ3n) is 5.50. The number of nitrogens with zero attached hydrogens (tertiary/aromatic N) is 3. The summed E-state index contributed by atoms with van der Waals surface area (Å²) in [5, 5.41) is 1.27. The van der Waals surface area contributed by atoms with Gasteiger partial charge in [0.05, 0.1) is 16.4 Å². The van der Waals surface area contributed by atoms with E-state index < -0.39 is 0 Å². The zero-order valence-corrected chi connectivity index (χ0v) is 20.6. The van der Waals surface area contributed by atoms with Crippen molar-refractivity contribution in [1.29, 1.82) is 0 Å². The van der Waals surface area contributed by atoms with Gasteiger partial charge in [0.25, 0.3) is 5.56 Å². The van der Waals surface area contributed by atoms with E-state index in [0.29, 0.717) is 6.54 Å². The molecule has 0 amide bonds. The van der Waals surface area contributed by atoms with E-state index in [0.717, 1.165) is 40.3 Å². The number of hydrogen-bond acceptors (Lipinski definition) is 4. The lowest BCUT2D eigenvalue weighted by Crippen LogP contribution is -3.00. The maximum absolute atomic E-state index is 13.0. The number of fused-ring (bicyclic) bond motifs is 1. The molecule has 0 saturated heterocycles. The number of para-hydroxylation sites is 1. The first-order valence-corrected chi connectivity index (χ1v) is 12.4. The van der Waals surface area contributed by atoms with Gasteiger partial charge in [-0.15, -0.1) is 11.3 Å². The molecule has 1 aromatic carbocycles. The molecule has 164 valence electrons. The normalized spacial score (nSPS) is 18.2. The molecule has 3 heterocycles. The predicted molar refractivity (Wildman–Crippen MR) is 132 cm³/mol. The number of halogens is 1. The minimum atomic E-state index is 0. The van der Waals surface area contributed by atoms with Crippen molar-refractivity contribution in [2.45, 2.75) is 27.3 Å². The van der Waals surface area contributed by atoms with Crippen LogP contribution in [0.25, 0.3) is 18.2 Å². The fourth-order valence-electron chi connectivity index (χ4n) is 3.91. The average molecular weight is 474 g/mol. The number of benzene rings is 1. The molecule has 7 heteroatoms. The minimum absolute atomic E-state index is 0. The number of allylic oxidation sites excluding steroid dienone is 2. The predicted octanol–water partition coefficient (Wildman–Crippen LogP) is 0.110. The largest absolute Gasteiger partial charge is 1.00 e. The average Bonchev–Trinajstić information content (AvgIpc) is 3.35. The van der Waals surface area contributed by atoms with Crippen molar-refractivity contribution in [1.82, 2.24) is 4.57 Å². The summed E-state index contributed by atoms with van der Waals surface area (Å²) in [6.07, 6.45) is 10.5. The van der Waals surface area contributed by atoms with Crippen molar-refractivity contribution in [2.24, 2.45) is 0 Å². The molecule has 0 aliphatic carbocycles. The van der Waals surface area contributed by atoms with E-state index in [1.807, 2.05) is 29.3 Å². The van der Waals surface area contributed by atoms with E-state index in [1.54, 1.807) is 11.3 Å². The third-order valence-corrected chi connectivity index (χ3v) is 7.64. The van der Waals surface area contributed by atoms with Crippen LogP contribution in [0.1, 0.15) is 26.3 Å². The molecule has 0 saturated carbocycles. The number of thiazole rings is 1. The molecule has 0 bridgehead atoms. The van der Waals surface area contributed by atoms with Gasteiger partial charge in [-0.25, -0.2) is 4.58 Å². The zero-order valence-electron chi connectivity index (χ0n) is 18.2. The molecule has 1 aromatic heterocycles. The van der Waals surface area contributed by atoms with Gasteiger partial charge in [-0.3, -0.25) is 9.36 Å². The van der Waals surface area contributed by atoms with Crippen LogP contribution >= 0.6 is 23.1 Å². The first kappa shape index (κ1) is 23.6. The lowest BCUT2D eigenvalue weighted by Gasteiger charge is -2.29. The minimum Gasteiger partial charge on any atom is -1.00 e. The molecule has 2 aromatic rings. The van der Waals surface area contributed by atoms with Gasteiger partial charge in [0.1, 0.15) is 11.2 Å². The Labute approximate surface area is 198 Å². The van der Waals surface area contributed by atoms with E-state index in [2.05, 4.69) is 71.9 Å². The highest BCUT2D eigenvalue weighted by Gasteiger charge is 2.20.